The molecule has 2 rings (SSSR count). The van der Waals surface area contributed by atoms with E-state index in [0.717, 1.165) is 18.7 Å². The van der Waals surface area contributed by atoms with Crippen molar-refractivity contribution in [1.82, 2.24) is 0 Å². The van der Waals surface area contributed by atoms with Crippen LogP contribution >= 0.6 is 15.9 Å². The molecule has 0 aliphatic carbocycles. The highest BCUT2D eigenvalue weighted by Gasteiger charge is 2.29. The number of halogens is 1. The molecular weight excluding hydrogens is 266 g/mol. The molecule has 0 bridgehead atoms. The summed E-state index contributed by atoms with van der Waals surface area (Å²) in [6.07, 6.45) is 0.972. The molecule has 1 aliphatic heterocycles. The Morgan fingerprint density at radius 1 is 1.38 bits per heavy atom. The first-order valence-corrected chi connectivity index (χ1v) is 6.56. The number of fused-ring (bicyclic) bond motifs is 1. The molecule has 1 unspecified atom stereocenters. The predicted molar refractivity (Wildman–Crippen MR) is 70.1 cm³/mol. The van der Waals surface area contributed by atoms with E-state index < -0.39 is 0 Å². The Bertz CT molecular complexity index is 403. The average Bonchev–Trinajstić information content (AvgIpc) is 2.70. The summed E-state index contributed by atoms with van der Waals surface area (Å²) in [5.41, 5.74) is 2.36. The molecular formula is C13H16BrNO. The van der Waals surface area contributed by atoms with Crippen molar-refractivity contribution in [2.45, 2.75) is 25.1 Å². The van der Waals surface area contributed by atoms with Crippen LogP contribution in [0, 0.1) is 5.92 Å². The first-order chi connectivity index (χ1) is 7.61. The number of hydrogen-bond donors (Lipinski definition) is 0. The summed E-state index contributed by atoms with van der Waals surface area (Å²) >= 11 is 3.48. The van der Waals surface area contributed by atoms with Gasteiger partial charge in [0.15, 0.2) is 0 Å². The Morgan fingerprint density at radius 2 is 2.06 bits per heavy atom. The molecule has 1 aromatic carbocycles. The lowest BCUT2D eigenvalue weighted by molar-refractivity contribution is -0.118. The summed E-state index contributed by atoms with van der Waals surface area (Å²) in [5, 5.41) is 0. The number of anilines is 1. The number of carbonyl (C=O) groups excluding carboxylic acids is 1. The minimum absolute atomic E-state index is 0.0846. The van der Waals surface area contributed by atoms with Gasteiger partial charge in [0.2, 0.25) is 5.91 Å². The van der Waals surface area contributed by atoms with Crippen LogP contribution in [0.2, 0.25) is 0 Å². The van der Waals surface area contributed by atoms with Gasteiger partial charge in [0, 0.05) is 12.2 Å². The Hall–Kier alpha value is -0.830. The van der Waals surface area contributed by atoms with Crippen LogP contribution in [0.25, 0.3) is 0 Å². The zero-order valence-corrected chi connectivity index (χ0v) is 11.2. The van der Waals surface area contributed by atoms with Crippen LogP contribution in [-0.2, 0) is 11.2 Å². The molecule has 2 nitrogen and oxygen atoms in total. The lowest BCUT2D eigenvalue weighted by atomic mass is 10.1. The van der Waals surface area contributed by atoms with Crippen molar-refractivity contribution in [2.24, 2.45) is 5.92 Å². The third-order valence-electron chi connectivity index (χ3n) is 2.97. The van der Waals surface area contributed by atoms with Gasteiger partial charge in [0.05, 0.1) is 4.83 Å². The molecule has 0 aromatic heterocycles. The SMILES string of the molecule is CC(C)C(Br)C(=O)N1CCc2ccccc21. The third-order valence-corrected chi connectivity index (χ3v) is 4.42. The number of nitrogens with zero attached hydrogens (tertiary/aromatic N) is 1. The lowest BCUT2D eigenvalue weighted by Gasteiger charge is -2.22. The third kappa shape index (κ3) is 2.01. The number of alkyl halides is 1. The molecule has 0 fully saturated rings. The van der Waals surface area contributed by atoms with Crippen molar-refractivity contribution < 1.29 is 4.79 Å². The first-order valence-electron chi connectivity index (χ1n) is 5.64. The second kappa shape index (κ2) is 4.58. The molecule has 16 heavy (non-hydrogen) atoms. The minimum Gasteiger partial charge on any atom is -0.311 e. The predicted octanol–water partition coefficient (Wildman–Crippen LogP) is 3.00. The van der Waals surface area contributed by atoms with Gasteiger partial charge < -0.3 is 4.90 Å². The Labute approximate surface area is 105 Å². The van der Waals surface area contributed by atoms with Crippen LogP contribution < -0.4 is 4.90 Å². The highest BCUT2D eigenvalue weighted by atomic mass is 79.9. The van der Waals surface area contributed by atoms with Crippen LogP contribution in [0.5, 0.6) is 0 Å². The van der Waals surface area contributed by atoms with Gasteiger partial charge >= 0.3 is 0 Å². The molecule has 0 saturated heterocycles. The zero-order valence-electron chi connectivity index (χ0n) is 9.61. The smallest absolute Gasteiger partial charge is 0.241 e. The van der Waals surface area contributed by atoms with Crippen LogP contribution in [0.4, 0.5) is 5.69 Å². The van der Waals surface area contributed by atoms with Gasteiger partial charge in [-0.25, -0.2) is 0 Å². The van der Waals surface area contributed by atoms with E-state index in [1.165, 1.54) is 5.56 Å². The van der Waals surface area contributed by atoms with E-state index in [1.54, 1.807) is 0 Å². The molecule has 0 radical (unpaired) electrons. The molecule has 0 saturated carbocycles. The fourth-order valence-corrected chi connectivity index (χ4v) is 2.25. The largest absolute Gasteiger partial charge is 0.311 e. The highest BCUT2D eigenvalue weighted by molar-refractivity contribution is 9.10. The first kappa shape index (κ1) is 11.6. The van der Waals surface area contributed by atoms with Crippen molar-refractivity contribution in [2.75, 3.05) is 11.4 Å². The molecule has 1 atom stereocenters. The van der Waals surface area contributed by atoms with Gasteiger partial charge in [-0.05, 0) is 24.0 Å². The van der Waals surface area contributed by atoms with E-state index in [-0.39, 0.29) is 10.7 Å². The Morgan fingerprint density at radius 3 is 2.75 bits per heavy atom. The topological polar surface area (TPSA) is 20.3 Å². The van der Waals surface area contributed by atoms with Gasteiger partial charge in [-0.1, -0.05) is 48.0 Å². The van der Waals surface area contributed by atoms with Crippen molar-refractivity contribution >= 4 is 27.5 Å². The number of carbonyl (C=O) groups is 1. The quantitative estimate of drug-likeness (QED) is 0.764. The Kier molecular flexibility index (Phi) is 3.33. The molecule has 1 aliphatic rings. The number of benzene rings is 1. The van der Waals surface area contributed by atoms with Gasteiger partial charge in [-0.2, -0.15) is 0 Å². The number of hydrogen-bond acceptors (Lipinski definition) is 1. The van der Waals surface area contributed by atoms with Crippen LogP contribution in [0.3, 0.4) is 0 Å². The number of rotatable bonds is 2. The fourth-order valence-electron chi connectivity index (χ4n) is 2.00. The highest BCUT2D eigenvalue weighted by Crippen LogP contribution is 2.29. The standard InChI is InChI=1S/C13H16BrNO/c1-9(2)12(14)13(16)15-8-7-10-5-3-4-6-11(10)15/h3-6,9,12H,7-8H2,1-2H3. The van der Waals surface area contributed by atoms with Crippen molar-refractivity contribution in [3.05, 3.63) is 29.8 Å². The fraction of sp³-hybridized carbons (Fsp3) is 0.462. The molecule has 86 valence electrons. The maximum Gasteiger partial charge on any atom is 0.241 e. The minimum atomic E-state index is -0.0846. The normalized spacial score (nSPS) is 16.4. The average molecular weight is 282 g/mol. The van der Waals surface area contributed by atoms with Gasteiger partial charge in [0.1, 0.15) is 0 Å². The summed E-state index contributed by atoms with van der Waals surface area (Å²) in [5.74, 6) is 0.500. The summed E-state index contributed by atoms with van der Waals surface area (Å²) in [6.45, 7) is 4.92. The van der Waals surface area contributed by atoms with Crippen molar-refractivity contribution in [3.63, 3.8) is 0 Å². The second-order valence-corrected chi connectivity index (χ2v) is 5.50. The van der Waals surface area contributed by atoms with Gasteiger partial charge in [0.25, 0.3) is 0 Å². The van der Waals surface area contributed by atoms with Gasteiger partial charge in [-0.15, -0.1) is 0 Å². The summed E-state index contributed by atoms with van der Waals surface area (Å²) in [7, 11) is 0. The van der Waals surface area contributed by atoms with Crippen LogP contribution in [0.1, 0.15) is 19.4 Å². The monoisotopic (exact) mass is 281 g/mol. The van der Waals surface area contributed by atoms with E-state index in [1.807, 2.05) is 23.1 Å². The maximum absolute atomic E-state index is 12.2. The van der Waals surface area contributed by atoms with Gasteiger partial charge in [-0.3, -0.25) is 4.79 Å². The molecule has 1 aromatic rings. The van der Waals surface area contributed by atoms with Crippen LogP contribution in [0.15, 0.2) is 24.3 Å². The van der Waals surface area contributed by atoms with Crippen LogP contribution in [-0.4, -0.2) is 17.3 Å². The van der Waals surface area contributed by atoms with E-state index in [4.69, 9.17) is 0 Å². The van der Waals surface area contributed by atoms with E-state index in [9.17, 15) is 4.79 Å². The maximum atomic E-state index is 12.2. The van der Waals surface area contributed by atoms with Crippen molar-refractivity contribution in [3.8, 4) is 0 Å². The van der Waals surface area contributed by atoms with Crippen molar-refractivity contribution in [1.29, 1.82) is 0 Å². The summed E-state index contributed by atoms with van der Waals surface area (Å²) in [6, 6.07) is 8.14. The molecule has 1 amide bonds. The van der Waals surface area contributed by atoms with E-state index in [2.05, 4.69) is 35.8 Å². The Balaban J connectivity index is 2.22. The van der Waals surface area contributed by atoms with E-state index >= 15 is 0 Å². The second-order valence-electron chi connectivity index (χ2n) is 4.51. The summed E-state index contributed by atoms with van der Waals surface area (Å²) < 4.78 is 0. The molecule has 1 heterocycles. The lowest BCUT2D eigenvalue weighted by Crippen LogP contribution is -2.37. The number of amides is 1. The molecule has 0 N–H and O–H groups in total. The number of para-hydroxylation sites is 1. The molecule has 3 heteroatoms. The summed E-state index contributed by atoms with van der Waals surface area (Å²) in [4.78, 5) is 14.0. The zero-order chi connectivity index (χ0) is 11.7. The van der Waals surface area contributed by atoms with E-state index in [0.29, 0.717) is 5.92 Å². The molecule has 0 spiro atoms.